The predicted molar refractivity (Wildman–Crippen MR) is 84.9 cm³/mol. The summed E-state index contributed by atoms with van der Waals surface area (Å²) in [6, 6.07) is 1.20. The van der Waals surface area contributed by atoms with Crippen LogP contribution in [0.5, 0.6) is 0 Å². The summed E-state index contributed by atoms with van der Waals surface area (Å²) < 4.78 is 18.9. The summed E-state index contributed by atoms with van der Waals surface area (Å²) in [5.74, 6) is -1.76. The van der Waals surface area contributed by atoms with Crippen molar-refractivity contribution in [1.29, 1.82) is 0 Å². The van der Waals surface area contributed by atoms with Crippen LogP contribution in [-0.4, -0.2) is 45.5 Å². The average Bonchev–Trinajstić information content (AvgIpc) is 3.12. The van der Waals surface area contributed by atoms with E-state index in [4.69, 9.17) is 14.2 Å². The minimum atomic E-state index is -0.909. The highest BCUT2D eigenvalue weighted by molar-refractivity contribution is 6.13. The highest BCUT2D eigenvalue weighted by atomic mass is 16.8. The van der Waals surface area contributed by atoms with E-state index >= 15 is 0 Å². The fourth-order valence-corrected chi connectivity index (χ4v) is 3.43. The lowest BCUT2D eigenvalue weighted by atomic mass is 10.1. The molecule has 26 heavy (non-hydrogen) atoms. The Bertz CT molecular complexity index is 928. The summed E-state index contributed by atoms with van der Waals surface area (Å²) >= 11 is 0. The molecule has 3 saturated heterocycles. The first-order valence-corrected chi connectivity index (χ1v) is 8.11. The third kappa shape index (κ3) is 2.81. The molecular weight excluding hydrogens is 346 g/mol. The van der Waals surface area contributed by atoms with Crippen molar-refractivity contribution in [3.63, 3.8) is 0 Å². The zero-order valence-corrected chi connectivity index (χ0v) is 14.1. The molecule has 4 heterocycles. The lowest BCUT2D eigenvalue weighted by Gasteiger charge is -2.24. The highest BCUT2D eigenvalue weighted by Crippen LogP contribution is 2.43. The van der Waals surface area contributed by atoms with Crippen LogP contribution in [-0.2, 0) is 23.8 Å². The van der Waals surface area contributed by atoms with Crippen LogP contribution in [0.4, 0.5) is 0 Å². The van der Waals surface area contributed by atoms with Crippen LogP contribution >= 0.6 is 0 Å². The van der Waals surface area contributed by atoms with Crippen molar-refractivity contribution in [2.24, 2.45) is 0 Å². The quantitative estimate of drug-likeness (QED) is 0.505. The van der Waals surface area contributed by atoms with Gasteiger partial charge in [-0.05, 0) is 19.9 Å². The van der Waals surface area contributed by atoms with Gasteiger partial charge in [0.05, 0.1) is 6.42 Å². The van der Waals surface area contributed by atoms with Gasteiger partial charge in [-0.2, -0.15) is 0 Å². The molecule has 0 radical (unpaired) electrons. The van der Waals surface area contributed by atoms with Crippen molar-refractivity contribution in [3.8, 4) is 0 Å². The van der Waals surface area contributed by atoms with Crippen LogP contribution in [0.3, 0.4) is 0 Å². The van der Waals surface area contributed by atoms with E-state index < -0.39 is 47.5 Å². The molecule has 2 amide bonds. The highest BCUT2D eigenvalue weighted by Gasteiger charge is 2.55. The minimum absolute atomic E-state index is 0.0381. The monoisotopic (exact) mass is 363 g/mol. The zero-order chi connectivity index (χ0) is 18.6. The van der Waals surface area contributed by atoms with E-state index in [2.05, 4.69) is 10.3 Å². The lowest BCUT2D eigenvalue weighted by Crippen LogP contribution is -2.37. The van der Waals surface area contributed by atoms with Crippen molar-refractivity contribution in [2.45, 2.75) is 50.6 Å². The van der Waals surface area contributed by atoms with E-state index in [0.29, 0.717) is 0 Å². The maximum absolute atomic E-state index is 12.1. The molecule has 1 aromatic heterocycles. The van der Waals surface area contributed by atoms with Gasteiger partial charge >= 0.3 is 5.69 Å². The Balaban J connectivity index is 1.70. The molecule has 4 atom stereocenters. The van der Waals surface area contributed by atoms with Gasteiger partial charge in [0.2, 0.25) is 5.91 Å². The van der Waals surface area contributed by atoms with Gasteiger partial charge in [0, 0.05) is 17.8 Å². The number of carbonyl (C=O) groups is 2. The fraction of sp³-hybridized carbons (Fsp3) is 0.500. The summed E-state index contributed by atoms with van der Waals surface area (Å²) in [5.41, 5.74) is -0.886. The molecule has 0 spiro atoms. The number of fused-ring (bicyclic) bond motifs is 1. The Labute approximate surface area is 146 Å². The molecular formula is C16H17N3O7. The van der Waals surface area contributed by atoms with E-state index in [1.807, 2.05) is 0 Å². The van der Waals surface area contributed by atoms with Gasteiger partial charge in [0.1, 0.15) is 18.3 Å². The molecule has 10 heteroatoms. The molecule has 0 saturated carbocycles. The van der Waals surface area contributed by atoms with E-state index in [1.54, 1.807) is 13.8 Å². The lowest BCUT2D eigenvalue weighted by molar-refractivity contribution is -0.192. The first-order chi connectivity index (χ1) is 12.2. The second kappa shape index (κ2) is 5.73. The number of rotatable bonds is 2. The maximum Gasteiger partial charge on any atom is 0.330 e. The predicted octanol–water partition coefficient (Wildman–Crippen LogP) is -1.07. The SMILES string of the molecule is CC1(C)OC2C(/C=C3/CC(=O)NC3=O)OC(n3ccc(=O)[nH]c3=O)C2O1. The van der Waals surface area contributed by atoms with E-state index in [1.165, 1.54) is 22.9 Å². The van der Waals surface area contributed by atoms with Gasteiger partial charge in [-0.15, -0.1) is 0 Å². The number of nitrogens with zero attached hydrogens (tertiary/aromatic N) is 1. The molecule has 138 valence electrons. The zero-order valence-electron chi connectivity index (χ0n) is 14.1. The summed E-state index contributed by atoms with van der Waals surface area (Å²) in [4.78, 5) is 48.8. The molecule has 1 aromatic rings. The first kappa shape index (κ1) is 16.9. The number of carbonyl (C=O) groups excluding carboxylic acids is 2. The number of amides is 2. The van der Waals surface area contributed by atoms with Crippen molar-refractivity contribution in [3.05, 3.63) is 44.8 Å². The van der Waals surface area contributed by atoms with Crippen LogP contribution < -0.4 is 16.6 Å². The molecule has 3 aliphatic heterocycles. The Morgan fingerprint density at radius 1 is 1.19 bits per heavy atom. The van der Waals surface area contributed by atoms with E-state index in [9.17, 15) is 19.2 Å². The molecule has 4 rings (SSSR count). The van der Waals surface area contributed by atoms with Crippen molar-refractivity contribution < 1.29 is 23.8 Å². The standard InChI is InChI=1S/C16H17N3O7/c1-16(2)25-11-8(5-7-6-10(21)17-13(7)22)24-14(12(11)26-16)19-4-3-9(20)18-15(19)23/h3-5,8,11-12,14H,6H2,1-2H3,(H,17,21,22)(H,18,20,23)/b7-5-. The summed E-state index contributed by atoms with van der Waals surface area (Å²) in [5, 5.41) is 2.21. The molecule has 0 bridgehead atoms. The minimum Gasteiger partial charge on any atom is -0.345 e. The second-order valence-corrected chi connectivity index (χ2v) is 6.82. The summed E-state index contributed by atoms with van der Waals surface area (Å²) in [6.45, 7) is 3.46. The van der Waals surface area contributed by atoms with Gasteiger partial charge < -0.3 is 14.2 Å². The third-order valence-electron chi connectivity index (χ3n) is 4.45. The molecule has 2 N–H and O–H groups in total. The Kier molecular flexibility index (Phi) is 3.72. The number of nitrogens with one attached hydrogen (secondary N) is 2. The number of aromatic nitrogens is 2. The smallest absolute Gasteiger partial charge is 0.330 e. The molecule has 3 aliphatic rings. The number of hydrogen-bond acceptors (Lipinski definition) is 7. The van der Waals surface area contributed by atoms with Crippen LogP contribution in [0.2, 0.25) is 0 Å². The average molecular weight is 363 g/mol. The normalized spacial score (nSPS) is 34.3. The van der Waals surface area contributed by atoms with Gasteiger partial charge in [-0.3, -0.25) is 29.3 Å². The van der Waals surface area contributed by atoms with Crippen LogP contribution in [0.25, 0.3) is 0 Å². The number of aromatic amines is 1. The number of imide groups is 1. The van der Waals surface area contributed by atoms with Crippen LogP contribution in [0.15, 0.2) is 33.5 Å². The second-order valence-electron chi connectivity index (χ2n) is 6.82. The van der Waals surface area contributed by atoms with Gasteiger partial charge in [-0.25, -0.2) is 4.79 Å². The van der Waals surface area contributed by atoms with Crippen LogP contribution in [0, 0.1) is 0 Å². The van der Waals surface area contributed by atoms with Crippen molar-refractivity contribution in [2.75, 3.05) is 0 Å². The Morgan fingerprint density at radius 2 is 1.92 bits per heavy atom. The molecule has 10 nitrogen and oxygen atoms in total. The van der Waals surface area contributed by atoms with Crippen molar-refractivity contribution in [1.82, 2.24) is 14.9 Å². The van der Waals surface area contributed by atoms with E-state index in [0.717, 1.165) is 0 Å². The van der Waals surface area contributed by atoms with Gasteiger partial charge in [-0.1, -0.05) is 0 Å². The summed E-state index contributed by atoms with van der Waals surface area (Å²) in [6.07, 6.45) is 0.0489. The molecule has 4 unspecified atom stereocenters. The number of H-pyrrole nitrogens is 1. The Hall–Kier alpha value is -2.56. The number of ether oxygens (including phenoxy) is 3. The molecule has 0 aromatic carbocycles. The fourth-order valence-electron chi connectivity index (χ4n) is 3.43. The molecule has 3 fully saturated rings. The van der Waals surface area contributed by atoms with E-state index in [-0.39, 0.29) is 17.9 Å². The molecule has 0 aliphatic carbocycles. The van der Waals surface area contributed by atoms with Crippen LogP contribution in [0.1, 0.15) is 26.5 Å². The Morgan fingerprint density at radius 3 is 2.58 bits per heavy atom. The summed E-state index contributed by atoms with van der Waals surface area (Å²) in [7, 11) is 0. The topological polar surface area (TPSA) is 129 Å². The van der Waals surface area contributed by atoms with Crippen molar-refractivity contribution >= 4 is 11.8 Å². The largest absolute Gasteiger partial charge is 0.345 e. The number of hydrogen-bond donors (Lipinski definition) is 2. The van der Waals surface area contributed by atoms with Gasteiger partial charge in [0.15, 0.2) is 12.0 Å². The first-order valence-electron chi connectivity index (χ1n) is 8.11. The van der Waals surface area contributed by atoms with Gasteiger partial charge in [0.25, 0.3) is 11.5 Å². The third-order valence-corrected chi connectivity index (χ3v) is 4.45. The maximum atomic E-state index is 12.1.